The first-order valence-corrected chi connectivity index (χ1v) is 6.94. The van der Waals surface area contributed by atoms with Gasteiger partial charge < -0.3 is 19.8 Å². The number of aromatic carboxylic acids is 2. The van der Waals surface area contributed by atoms with E-state index in [1.54, 1.807) is 0 Å². The lowest BCUT2D eigenvalue weighted by atomic mass is 10.1. The SMILES string of the molecule is O=C([O-])c1ccc2c(c1)C(=O)N(c1cc(C(=O)[O-])ccc1Cl)C2=O. The van der Waals surface area contributed by atoms with Gasteiger partial charge in [0, 0.05) is 0 Å². The van der Waals surface area contributed by atoms with Crippen LogP contribution in [0.4, 0.5) is 5.69 Å². The third-order valence-corrected chi connectivity index (χ3v) is 3.86. The molecule has 0 unspecified atom stereocenters. The first-order valence-electron chi connectivity index (χ1n) is 6.56. The number of nitrogens with zero attached hydrogens (tertiary/aromatic N) is 1. The van der Waals surface area contributed by atoms with Crippen LogP contribution >= 0.6 is 11.6 Å². The minimum Gasteiger partial charge on any atom is -0.545 e. The quantitative estimate of drug-likeness (QED) is 0.716. The van der Waals surface area contributed by atoms with E-state index in [2.05, 4.69) is 0 Å². The molecule has 0 N–H and O–H groups in total. The van der Waals surface area contributed by atoms with Gasteiger partial charge in [0.25, 0.3) is 11.8 Å². The Morgan fingerprint density at radius 1 is 0.833 bits per heavy atom. The predicted molar refractivity (Wildman–Crippen MR) is 77.7 cm³/mol. The van der Waals surface area contributed by atoms with E-state index in [4.69, 9.17) is 11.6 Å². The van der Waals surface area contributed by atoms with Crippen molar-refractivity contribution in [2.24, 2.45) is 0 Å². The van der Waals surface area contributed by atoms with Crippen molar-refractivity contribution < 1.29 is 29.4 Å². The second kappa shape index (κ2) is 5.47. The fraction of sp³-hybridized carbons (Fsp3) is 0. The van der Waals surface area contributed by atoms with E-state index in [1.807, 2.05) is 0 Å². The smallest absolute Gasteiger partial charge is 0.266 e. The summed E-state index contributed by atoms with van der Waals surface area (Å²) in [6, 6.07) is 6.80. The molecule has 0 fully saturated rings. The van der Waals surface area contributed by atoms with Gasteiger partial charge in [0.05, 0.1) is 33.8 Å². The first kappa shape index (κ1) is 15.7. The van der Waals surface area contributed by atoms with Crippen molar-refractivity contribution in [3.05, 3.63) is 63.7 Å². The molecule has 1 heterocycles. The Morgan fingerprint density at radius 2 is 1.38 bits per heavy atom. The number of rotatable bonds is 3. The van der Waals surface area contributed by atoms with Gasteiger partial charge in [-0.15, -0.1) is 0 Å². The van der Waals surface area contributed by atoms with Gasteiger partial charge in [-0.25, -0.2) is 4.90 Å². The number of carbonyl (C=O) groups excluding carboxylic acids is 4. The molecule has 1 aliphatic heterocycles. The van der Waals surface area contributed by atoms with Gasteiger partial charge in [0.2, 0.25) is 0 Å². The van der Waals surface area contributed by atoms with Crippen LogP contribution in [0, 0.1) is 0 Å². The summed E-state index contributed by atoms with van der Waals surface area (Å²) in [7, 11) is 0. The molecule has 8 heteroatoms. The summed E-state index contributed by atoms with van der Waals surface area (Å²) in [5, 5.41) is 21.8. The molecule has 0 saturated carbocycles. The summed E-state index contributed by atoms with van der Waals surface area (Å²) in [5.41, 5.74) is -0.788. The highest BCUT2D eigenvalue weighted by molar-refractivity contribution is 6.40. The Hall–Kier alpha value is -3.19. The molecule has 24 heavy (non-hydrogen) atoms. The van der Waals surface area contributed by atoms with Crippen LogP contribution in [0.1, 0.15) is 41.4 Å². The standard InChI is InChI=1S/C16H8ClNO6/c17-11-4-2-8(16(23)24)6-12(11)18-13(19)9-3-1-7(15(21)22)5-10(9)14(18)20/h1-6H,(H,21,22)(H,23,24)/p-2. The summed E-state index contributed by atoms with van der Waals surface area (Å²) < 4.78 is 0. The number of carboxylic acids is 2. The van der Waals surface area contributed by atoms with Gasteiger partial charge in [0.1, 0.15) is 0 Å². The molecular formula is C16H6ClNO6-2. The van der Waals surface area contributed by atoms with E-state index in [0.717, 1.165) is 18.2 Å². The van der Waals surface area contributed by atoms with Gasteiger partial charge >= 0.3 is 0 Å². The summed E-state index contributed by atoms with van der Waals surface area (Å²) in [4.78, 5) is 47.5. The Balaban J connectivity index is 2.13. The van der Waals surface area contributed by atoms with Crippen LogP contribution in [0.15, 0.2) is 36.4 Å². The molecule has 0 atom stereocenters. The maximum absolute atomic E-state index is 12.5. The molecule has 2 aromatic rings. The predicted octanol–water partition coefficient (Wildman–Crippen LogP) is -0.132. The number of halogens is 1. The lowest BCUT2D eigenvalue weighted by Crippen LogP contribution is -2.30. The molecule has 0 saturated heterocycles. The molecule has 120 valence electrons. The Bertz CT molecular complexity index is 936. The minimum atomic E-state index is -1.50. The molecule has 3 rings (SSSR count). The number of fused-ring (bicyclic) bond motifs is 1. The number of hydrogen-bond acceptors (Lipinski definition) is 6. The zero-order chi connectivity index (χ0) is 17.6. The van der Waals surface area contributed by atoms with Crippen LogP contribution in [0.5, 0.6) is 0 Å². The largest absolute Gasteiger partial charge is 0.545 e. The van der Waals surface area contributed by atoms with Crippen molar-refractivity contribution in [3.63, 3.8) is 0 Å². The van der Waals surface area contributed by atoms with E-state index < -0.39 is 23.8 Å². The monoisotopic (exact) mass is 343 g/mol. The van der Waals surface area contributed by atoms with Crippen LogP contribution in [0.2, 0.25) is 5.02 Å². The van der Waals surface area contributed by atoms with Gasteiger partial charge in [-0.3, -0.25) is 9.59 Å². The first-order chi connectivity index (χ1) is 11.3. The van der Waals surface area contributed by atoms with Crippen molar-refractivity contribution in [2.45, 2.75) is 0 Å². The van der Waals surface area contributed by atoms with Gasteiger partial charge in [0.15, 0.2) is 0 Å². The Morgan fingerprint density at radius 3 is 2.00 bits per heavy atom. The molecular weight excluding hydrogens is 338 g/mol. The van der Waals surface area contributed by atoms with Crippen LogP contribution < -0.4 is 15.1 Å². The lowest BCUT2D eigenvalue weighted by Gasteiger charge is -2.17. The fourth-order valence-corrected chi connectivity index (χ4v) is 2.60. The average molecular weight is 344 g/mol. The molecule has 2 aromatic carbocycles. The number of anilines is 1. The Labute approximate surface area is 139 Å². The molecule has 2 amide bonds. The van der Waals surface area contributed by atoms with E-state index in [-0.39, 0.29) is 33.0 Å². The van der Waals surface area contributed by atoms with Crippen LogP contribution in [-0.4, -0.2) is 23.8 Å². The van der Waals surface area contributed by atoms with Crippen LogP contribution in [-0.2, 0) is 0 Å². The molecule has 1 aliphatic rings. The van der Waals surface area contributed by atoms with Crippen molar-refractivity contribution in [2.75, 3.05) is 4.90 Å². The number of hydrogen-bond donors (Lipinski definition) is 0. The molecule has 0 aliphatic carbocycles. The third-order valence-electron chi connectivity index (χ3n) is 3.55. The minimum absolute atomic E-state index is 0.0140. The van der Waals surface area contributed by atoms with Crippen LogP contribution in [0.25, 0.3) is 0 Å². The van der Waals surface area contributed by atoms with E-state index in [9.17, 15) is 29.4 Å². The van der Waals surface area contributed by atoms with E-state index in [1.165, 1.54) is 18.2 Å². The second-order valence-electron chi connectivity index (χ2n) is 4.95. The number of carboxylic acid groups (broad SMARTS) is 2. The highest BCUT2D eigenvalue weighted by Crippen LogP contribution is 2.34. The van der Waals surface area contributed by atoms with E-state index >= 15 is 0 Å². The topological polar surface area (TPSA) is 118 Å². The number of amides is 2. The zero-order valence-electron chi connectivity index (χ0n) is 11.7. The molecule has 0 bridgehead atoms. The maximum Gasteiger partial charge on any atom is 0.266 e. The van der Waals surface area contributed by atoms with Gasteiger partial charge in [-0.2, -0.15) is 0 Å². The third kappa shape index (κ3) is 2.31. The van der Waals surface area contributed by atoms with Crippen molar-refractivity contribution in [3.8, 4) is 0 Å². The summed E-state index contributed by atoms with van der Waals surface area (Å²) in [6.07, 6.45) is 0. The highest BCUT2D eigenvalue weighted by Gasteiger charge is 2.37. The summed E-state index contributed by atoms with van der Waals surface area (Å²) in [5.74, 6) is -4.54. The molecule has 7 nitrogen and oxygen atoms in total. The number of benzene rings is 2. The Kier molecular flexibility index (Phi) is 3.57. The van der Waals surface area contributed by atoms with Crippen molar-refractivity contribution >= 4 is 41.0 Å². The molecule has 0 radical (unpaired) electrons. The lowest BCUT2D eigenvalue weighted by molar-refractivity contribution is -0.256. The average Bonchev–Trinajstić information content (AvgIpc) is 2.79. The van der Waals surface area contributed by atoms with Crippen molar-refractivity contribution in [1.29, 1.82) is 0 Å². The fourth-order valence-electron chi connectivity index (χ4n) is 2.40. The van der Waals surface area contributed by atoms with Crippen molar-refractivity contribution in [1.82, 2.24) is 0 Å². The van der Waals surface area contributed by atoms with Gasteiger partial charge in [-0.05, 0) is 35.4 Å². The molecule has 0 spiro atoms. The zero-order valence-corrected chi connectivity index (χ0v) is 12.5. The normalized spacial score (nSPS) is 13.1. The van der Waals surface area contributed by atoms with E-state index in [0.29, 0.717) is 4.90 Å². The second-order valence-corrected chi connectivity index (χ2v) is 5.35. The summed E-state index contributed by atoms with van der Waals surface area (Å²) in [6.45, 7) is 0. The molecule has 0 aromatic heterocycles. The summed E-state index contributed by atoms with van der Waals surface area (Å²) >= 11 is 5.97. The van der Waals surface area contributed by atoms with Crippen LogP contribution in [0.3, 0.4) is 0 Å². The maximum atomic E-state index is 12.5. The number of imide groups is 1. The number of carbonyl (C=O) groups is 4. The van der Waals surface area contributed by atoms with Gasteiger partial charge in [-0.1, -0.05) is 23.7 Å². The highest BCUT2D eigenvalue weighted by atomic mass is 35.5.